The van der Waals surface area contributed by atoms with Crippen LogP contribution in [0, 0.1) is 17.0 Å². The van der Waals surface area contributed by atoms with Crippen LogP contribution >= 0.6 is 23.2 Å². The predicted octanol–water partition coefficient (Wildman–Crippen LogP) is 5.81. The normalized spacial score (nSPS) is 14.7. The molecular weight excluding hydrogens is 431 g/mol. The molecule has 150 valence electrons. The monoisotopic (exact) mass is 442 g/mol. The highest BCUT2D eigenvalue weighted by Gasteiger charge is 2.26. The van der Waals surface area contributed by atoms with E-state index in [1.165, 1.54) is 18.2 Å². The zero-order valence-electron chi connectivity index (χ0n) is 15.4. The van der Waals surface area contributed by atoms with Crippen molar-refractivity contribution in [2.24, 2.45) is 4.99 Å². The Morgan fingerprint density at radius 3 is 2.60 bits per heavy atom. The summed E-state index contributed by atoms with van der Waals surface area (Å²) in [6.45, 7) is 1.60. The minimum atomic E-state index is -0.650. The number of hydrogen-bond donors (Lipinski definition) is 0. The quantitative estimate of drug-likeness (QED) is 0.219. The number of cyclic esters (lactones) is 1. The summed E-state index contributed by atoms with van der Waals surface area (Å²) in [5.74, 6) is 0.304. The maximum Gasteiger partial charge on any atom is 0.363 e. The molecule has 1 aromatic heterocycles. The summed E-state index contributed by atoms with van der Waals surface area (Å²) in [6, 6.07) is 12.8. The Balaban J connectivity index is 1.62. The number of aliphatic imine (C=N–C) groups is 1. The minimum Gasteiger partial charge on any atom is -0.457 e. The zero-order valence-corrected chi connectivity index (χ0v) is 16.9. The number of benzene rings is 2. The van der Waals surface area contributed by atoms with E-state index in [0.29, 0.717) is 38.3 Å². The molecule has 0 spiro atoms. The van der Waals surface area contributed by atoms with Crippen LogP contribution in [0.4, 0.5) is 5.69 Å². The molecule has 30 heavy (non-hydrogen) atoms. The number of aryl methyl sites for hydroxylation is 1. The summed E-state index contributed by atoms with van der Waals surface area (Å²) in [5.41, 5.74) is 1.57. The molecule has 0 radical (unpaired) electrons. The number of nitrogens with zero attached hydrogens (tertiary/aromatic N) is 2. The number of rotatable bonds is 4. The van der Waals surface area contributed by atoms with E-state index in [1.807, 2.05) is 0 Å². The van der Waals surface area contributed by atoms with Crippen LogP contribution in [0.15, 0.2) is 63.6 Å². The number of esters is 1. The van der Waals surface area contributed by atoms with Crippen molar-refractivity contribution in [2.45, 2.75) is 6.92 Å². The molecule has 0 N–H and O–H groups in total. The van der Waals surface area contributed by atoms with Gasteiger partial charge in [0.25, 0.3) is 5.69 Å². The molecule has 2 aromatic carbocycles. The van der Waals surface area contributed by atoms with Crippen LogP contribution in [0.2, 0.25) is 10.0 Å². The summed E-state index contributed by atoms with van der Waals surface area (Å²) in [4.78, 5) is 26.9. The van der Waals surface area contributed by atoms with E-state index < -0.39 is 10.9 Å². The van der Waals surface area contributed by atoms with Gasteiger partial charge in [-0.2, -0.15) is 0 Å². The number of nitro benzene ring substituents is 1. The molecule has 7 nitrogen and oxygen atoms in total. The van der Waals surface area contributed by atoms with Crippen molar-refractivity contribution < 1.29 is 18.9 Å². The molecule has 9 heteroatoms. The first-order valence-corrected chi connectivity index (χ1v) is 9.40. The SMILES string of the molecule is Cc1cc(C2=N/C(=C\c3ccc(-c4ccc(Cl)cc4Cl)o3)C(=O)O2)ccc1[N+](=O)[O-]. The Morgan fingerprint density at radius 2 is 1.90 bits per heavy atom. The number of nitro groups is 1. The van der Waals surface area contributed by atoms with Crippen molar-refractivity contribution in [3.8, 4) is 11.3 Å². The summed E-state index contributed by atoms with van der Waals surface area (Å²) in [5, 5.41) is 11.9. The first-order valence-electron chi connectivity index (χ1n) is 8.65. The fourth-order valence-corrected chi connectivity index (χ4v) is 3.43. The fourth-order valence-electron chi connectivity index (χ4n) is 2.93. The fraction of sp³-hybridized carbons (Fsp3) is 0.0476. The molecule has 0 aliphatic carbocycles. The van der Waals surface area contributed by atoms with Gasteiger partial charge in [0, 0.05) is 33.9 Å². The number of halogens is 2. The van der Waals surface area contributed by atoms with Crippen molar-refractivity contribution in [1.29, 1.82) is 0 Å². The van der Waals surface area contributed by atoms with E-state index in [2.05, 4.69) is 4.99 Å². The average molecular weight is 443 g/mol. The summed E-state index contributed by atoms with van der Waals surface area (Å²) in [7, 11) is 0. The summed E-state index contributed by atoms with van der Waals surface area (Å²) >= 11 is 12.1. The lowest BCUT2D eigenvalue weighted by Gasteiger charge is -2.01. The Kier molecular flexibility index (Phi) is 5.15. The van der Waals surface area contributed by atoms with E-state index in [4.69, 9.17) is 32.4 Å². The van der Waals surface area contributed by atoms with Gasteiger partial charge < -0.3 is 9.15 Å². The number of carbonyl (C=O) groups is 1. The highest BCUT2D eigenvalue weighted by Crippen LogP contribution is 2.32. The lowest BCUT2D eigenvalue weighted by molar-refractivity contribution is -0.385. The third-order valence-electron chi connectivity index (χ3n) is 4.36. The second-order valence-electron chi connectivity index (χ2n) is 6.42. The number of furan rings is 1. The molecule has 1 aliphatic heterocycles. The average Bonchev–Trinajstić information content (AvgIpc) is 3.29. The molecule has 0 fully saturated rings. The van der Waals surface area contributed by atoms with Crippen LogP contribution in [0.1, 0.15) is 16.9 Å². The van der Waals surface area contributed by atoms with Crippen LogP contribution in [0.3, 0.4) is 0 Å². The lowest BCUT2D eigenvalue weighted by Crippen LogP contribution is -2.06. The van der Waals surface area contributed by atoms with Crippen molar-refractivity contribution >= 4 is 46.8 Å². The van der Waals surface area contributed by atoms with Gasteiger partial charge in [0.2, 0.25) is 5.90 Å². The Labute approximate surface area is 180 Å². The number of ether oxygens (including phenoxy) is 1. The van der Waals surface area contributed by atoms with E-state index in [9.17, 15) is 14.9 Å². The number of carbonyl (C=O) groups excluding carboxylic acids is 1. The van der Waals surface area contributed by atoms with E-state index >= 15 is 0 Å². The van der Waals surface area contributed by atoms with Crippen LogP contribution in [-0.2, 0) is 9.53 Å². The van der Waals surface area contributed by atoms with Gasteiger partial charge in [-0.05, 0) is 49.4 Å². The van der Waals surface area contributed by atoms with Gasteiger partial charge in [-0.25, -0.2) is 9.79 Å². The smallest absolute Gasteiger partial charge is 0.363 e. The highest BCUT2D eigenvalue weighted by molar-refractivity contribution is 6.36. The van der Waals surface area contributed by atoms with Crippen molar-refractivity contribution in [3.05, 3.63) is 91.3 Å². The second-order valence-corrected chi connectivity index (χ2v) is 7.26. The Hall–Kier alpha value is -3.42. The first-order chi connectivity index (χ1) is 14.3. The van der Waals surface area contributed by atoms with Gasteiger partial charge in [0.1, 0.15) is 11.5 Å². The van der Waals surface area contributed by atoms with Gasteiger partial charge in [0.15, 0.2) is 5.70 Å². The molecule has 1 aliphatic rings. The van der Waals surface area contributed by atoms with Crippen molar-refractivity contribution in [2.75, 3.05) is 0 Å². The molecule has 0 unspecified atom stereocenters. The summed E-state index contributed by atoms with van der Waals surface area (Å²) in [6.07, 6.45) is 1.45. The lowest BCUT2D eigenvalue weighted by atomic mass is 10.1. The van der Waals surface area contributed by atoms with E-state index in [0.717, 1.165) is 0 Å². The van der Waals surface area contributed by atoms with E-state index in [-0.39, 0.29) is 17.3 Å². The molecule has 4 rings (SSSR count). The van der Waals surface area contributed by atoms with Crippen molar-refractivity contribution in [3.63, 3.8) is 0 Å². The predicted molar refractivity (Wildman–Crippen MR) is 113 cm³/mol. The molecule has 2 heterocycles. The molecule has 3 aromatic rings. The second kappa shape index (κ2) is 7.78. The maximum absolute atomic E-state index is 12.2. The third kappa shape index (κ3) is 3.85. The third-order valence-corrected chi connectivity index (χ3v) is 4.91. The van der Waals surface area contributed by atoms with Gasteiger partial charge >= 0.3 is 5.97 Å². The molecule has 0 saturated heterocycles. The van der Waals surface area contributed by atoms with Gasteiger partial charge in [-0.3, -0.25) is 10.1 Å². The molecule has 0 amide bonds. The van der Waals surface area contributed by atoms with Crippen LogP contribution < -0.4 is 0 Å². The van der Waals surface area contributed by atoms with Crippen LogP contribution in [0.5, 0.6) is 0 Å². The van der Waals surface area contributed by atoms with Gasteiger partial charge in [-0.15, -0.1) is 0 Å². The Bertz CT molecular complexity index is 1260. The molecule has 0 bridgehead atoms. The Morgan fingerprint density at radius 1 is 1.10 bits per heavy atom. The maximum atomic E-state index is 12.2. The molecule has 0 atom stereocenters. The largest absolute Gasteiger partial charge is 0.457 e. The summed E-state index contributed by atoms with van der Waals surface area (Å²) < 4.78 is 11.0. The highest BCUT2D eigenvalue weighted by atomic mass is 35.5. The standard InChI is InChI=1S/C21H12Cl2N2O5/c1-11-8-12(2-6-18(11)25(27)28)20-24-17(21(26)30-20)10-14-4-7-19(29-14)15-5-3-13(22)9-16(15)23/h2-10H,1H3/b17-10-. The van der Waals surface area contributed by atoms with Crippen LogP contribution in [-0.4, -0.2) is 16.8 Å². The minimum absolute atomic E-state index is 0.0246. The zero-order chi connectivity index (χ0) is 21.4. The molecule has 0 saturated carbocycles. The van der Waals surface area contributed by atoms with Crippen LogP contribution in [0.25, 0.3) is 17.4 Å². The molecular formula is C21H12Cl2N2O5. The van der Waals surface area contributed by atoms with Crippen molar-refractivity contribution in [1.82, 2.24) is 0 Å². The van der Waals surface area contributed by atoms with E-state index in [1.54, 1.807) is 43.3 Å². The van der Waals surface area contributed by atoms with Gasteiger partial charge in [-0.1, -0.05) is 23.2 Å². The topological polar surface area (TPSA) is 94.9 Å². The van der Waals surface area contributed by atoms with Gasteiger partial charge in [0.05, 0.1) is 9.95 Å². The number of hydrogen-bond acceptors (Lipinski definition) is 6. The first kappa shape index (κ1) is 19.9.